The van der Waals surface area contributed by atoms with E-state index < -0.39 is 6.10 Å². The minimum absolute atomic E-state index is 0.547. The molecule has 0 radical (unpaired) electrons. The van der Waals surface area contributed by atoms with Crippen molar-refractivity contribution in [1.29, 1.82) is 0 Å². The maximum Gasteiger partial charge on any atom is 0.137 e. The van der Waals surface area contributed by atoms with Crippen LogP contribution in [0, 0.1) is 0 Å². The van der Waals surface area contributed by atoms with Gasteiger partial charge in [0.15, 0.2) is 0 Å². The molecule has 7 heteroatoms. The van der Waals surface area contributed by atoms with E-state index in [1.165, 1.54) is 6.33 Å². The van der Waals surface area contributed by atoms with Gasteiger partial charge in [0.05, 0.1) is 18.3 Å². The molecule has 4 aromatic rings. The standard InChI is InChI=1S/C17H14N4OS2/c22-16(14-2-1-7-23-14)15-4-3-11(24-15)8-19-17-12-5-6-18-9-13(12)20-10-21-17/h1-7,9-10,16,22H,8H2,(H,19,20,21). The van der Waals surface area contributed by atoms with Gasteiger partial charge in [-0.15, -0.1) is 22.7 Å². The Labute approximate surface area is 146 Å². The molecule has 0 aliphatic heterocycles. The maximum atomic E-state index is 10.4. The molecule has 0 saturated carbocycles. The molecular weight excluding hydrogens is 340 g/mol. The molecule has 2 N–H and O–H groups in total. The zero-order valence-electron chi connectivity index (χ0n) is 12.6. The van der Waals surface area contributed by atoms with Crippen LogP contribution in [0.4, 0.5) is 5.82 Å². The van der Waals surface area contributed by atoms with Crippen LogP contribution in [0.15, 0.2) is 54.4 Å². The second-order valence-electron chi connectivity index (χ2n) is 5.19. The zero-order chi connectivity index (χ0) is 16.4. The highest BCUT2D eigenvalue weighted by Crippen LogP contribution is 2.31. The van der Waals surface area contributed by atoms with Crippen molar-refractivity contribution in [2.75, 3.05) is 5.32 Å². The second-order valence-corrected chi connectivity index (χ2v) is 7.37. The Morgan fingerprint density at radius 2 is 2.08 bits per heavy atom. The zero-order valence-corrected chi connectivity index (χ0v) is 14.2. The van der Waals surface area contributed by atoms with Crippen molar-refractivity contribution in [2.24, 2.45) is 0 Å². The third-order valence-corrected chi connectivity index (χ3v) is 5.70. The Morgan fingerprint density at radius 3 is 2.96 bits per heavy atom. The van der Waals surface area contributed by atoms with Gasteiger partial charge in [-0.2, -0.15) is 0 Å². The number of nitrogens with zero attached hydrogens (tertiary/aromatic N) is 3. The summed E-state index contributed by atoms with van der Waals surface area (Å²) in [6, 6.07) is 9.82. The van der Waals surface area contributed by atoms with Gasteiger partial charge in [0.25, 0.3) is 0 Å². The molecule has 24 heavy (non-hydrogen) atoms. The smallest absolute Gasteiger partial charge is 0.137 e. The molecule has 0 spiro atoms. The molecule has 1 atom stereocenters. The molecule has 4 heterocycles. The van der Waals surface area contributed by atoms with E-state index >= 15 is 0 Å². The fourth-order valence-electron chi connectivity index (χ4n) is 2.44. The van der Waals surface area contributed by atoms with Gasteiger partial charge in [-0.05, 0) is 29.6 Å². The molecule has 1 unspecified atom stereocenters. The lowest BCUT2D eigenvalue weighted by molar-refractivity contribution is 0.228. The maximum absolute atomic E-state index is 10.4. The molecule has 0 saturated heterocycles. The first-order chi connectivity index (χ1) is 11.8. The minimum atomic E-state index is -0.547. The Morgan fingerprint density at radius 1 is 1.12 bits per heavy atom. The summed E-state index contributed by atoms with van der Waals surface area (Å²) < 4.78 is 0. The van der Waals surface area contributed by atoms with Crippen molar-refractivity contribution in [3.8, 4) is 0 Å². The van der Waals surface area contributed by atoms with Crippen LogP contribution in [0.25, 0.3) is 10.9 Å². The van der Waals surface area contributed by atoms with Crippen LogP contribution < -0.4 is 5.32 Å². The van der Waals surface area contributed by atoms with Crippen LogP contribution in [-0.4, -0.2) is 20.1 Å². The van der Waals surface area contributed by atoms with Gasteiger partial charge in [-0.3, -0.25) is 4.98 Å². The number of aromatic nitrogens is 3. The quantitative estimate of drug-likeness (QED) is 0.570. The van der Waals surface area contributed by atoms with Crippen LogP contribution in [0.1, 0.15) is 20.7 Å². The molecule has 0 aliphatic carbocycles. The van der Waals surface area contributed by atoms with E-state index in [0.717, 1.165) is 31.4 Å². The summed E-state index contributed by atoms with van der Waals surface area (Å²) in [5.41, 5.74) is 0.815. The molecule has 4 rings (SSSR count). The summed E-state index contributed by atoms with van der Waals surface area (Å²) in [6.45, 7) is 0.649. The van der Waals surface area contributed by atoms with E-state index in [0.29, 0.717) is 6.54 Å². The largest absolute Gasteiger partial charge is 0.382 e. The summed E-state index contributed by atoms with van der Waals surface area (Å²) in [5.74, 6) is 0.788. The molecule has 5 nitrogen and oxygen atoms in total. The van der Waals surface area contributed by atoms with E-state index in [2.05, 4.69) is 20.3 Å². The van der Waals surface area contributed by atoms with Crippen LogP contribution >= 0.6 is 22.7 Å². The highest BCUT2D eigenvalue weighted by Gasteiger charge is 2.14. The van der Waals surface area contributed by atoms with Gasteiger partial charge >= 0.3 is 0 Å². The summed E-state index contributed by atoms with van der Waals surface area (Å²) in [4.78, 5) is 15.7. The Bertz CT molecular complexity index is 947. The van der Waals surface area contributed by atoms with Crippen molar-refractivity contribution in [1.82, 2.24) is 15.0 Å². The number of nitrogens with one attached hydrogen (secondary N) is 1. The van der Waals surface area contributed by atoms with Crippen LogP contribution in [-0.2, 0) is 6.54 Å². The number of anilines is 1. The first-order valence-corrected chi connectivity index (χ1v) is 9.09. The van der Waals surface area contributed by atoms with Gasteiger partial charge in [-0.25, -0.2) is 9.97 Å². The van der Waals surface area contributed by atoms with E-state index in [1.807, 2.05) is 35.7 Å². The van der Waals surface area contributed by atoms with Crippen LogP contribution in [0.2, 0.25) is 0 Å². The molecule has 0 amide bonds. The SMILES string of the molecule is OC(c1cccs1)c1ccc(CNc2ncnc3cnccc23)s1. The van der Waals surface area contributed by atoms with Crippen molar-refractivity contribution in [3.05, 3.63) is 69.1 Å². The topological polar surface area (TPSA) is 70.9 Å². The van der Waals surface area contributed by atoms with Gasteiger partial charge in [-0.1, -0.05) is 6.07 Å². The summed E-state index contributed by atoms with van der Waals surface area (Å²) in [5, 5.41) is 16.7. The monoisotopic (exact) mass is 354 g/mol. The van der Waals surface area contributed by atoms with Gasteiger partial charge in [0.1, 0.15) is 18.2 Å². The Balaban J connectivity index is 1.50. The van der Waals surface area contributed by atoms with Gasteiger partial charge in [0, 0.05) is 26.2 Å². The number of fused-ring (bicyclic) bond motifs is 1. The lowest BCUT2D eigenvalue weighted by atomic mass is 10.2. The fourth-order valence-corrected chi connectivity index (χ4v) is 4.20. The number of aliphatic hydroxyl groups is 1. The highest BCUT2D eigenvalue weighted by molar-refractivity contribution is 7.12. The molecule has 4 aromatic heterocycles. The molecule has 0 aromatic carbocycles. The van der Waals surface area contributed by atoms with Crippen molar-refractivity contribution >= 4 is 39.4 Å². The predicted molar refractivity (Wildman–Crippen MR) is 97.4 cm³/mol. The normalized spacial score (nSPS) is 12.4. The van der Waals surface area contributed by atoms with Crippen LogP contribution in [0.3, 0.4) is 0 Å². The molecule has 0 fully saturated rings. The first kappa shape index (κ1) is 15.2. The van der Waals surface area contributed by atoms with Gasteiger partial charge < -0.3 is 10.4 Å². The predicted octanol–water partition coefficient (Wildman–Crippen LogP) is 3.84. The molecular formula is C17H14N4OS2. The number of hydrogen-bond donors (Lipinski definition) is 2. The fraction of sp³-hybridized carbons (Fsp3) is 0.118. The van der Waals surface area contributed by atoms with E-state index in [9.17, 15) is 5.11 Å². The van der Waals surface area contributed by atoms with E-state index in [1.54, 1.807) is 35.1 Å². The van der Waals surface area contributed by atoms with Crippen molar-refractivity contribution < 1.29 is 5.11 Å². The number of pyridine rings is 1. The lowest BCUT2D eigenvalue weighted by Crippen LogP contribution is -2.01. The number of rotatable bonds is 5. The number of thiophene rings is 2. The van der Waals surface area contributed by atoms with Crippen LogP contribution in [0.5, 0.6) is 0 Å². The molecule has 0 bridgehead atoms. The van der Waals surface area contributed by atoms with E-state index in [-0.39, 0.29) is 0 Å². The molecule has 0 aliphatic rings. The first-order valence-electron chi connectivity index (χ1n) is 7.40. The summed E-state index contributed by atoms with van der Waals surface area (Å²) >= 11 is 3.17. The Kier molecular flexibility index (Phi) is 4.20. The highest BCUT2D eigenvalue weighted by atomic mass is 32.1. The number of hydrogen-bond acceptors (Lipinski definition) is 7. The number of aliphatic hydroxyl groups excluding tert-OH is 1. The summed E-state index contributed by atoms with van der Waals surface area (Å²) in [6.07, 6.45) is 4.45. The average molecular weight is 354 g/mol. The summed E-state index contributed by atoms with van der Waals surface area (Å²) in [7, 11) is 0. The lowest BCUT2D eigenvalue weighted by Gasteiger charge is -2.07. The van der Waals surface area contributed by atoms with Crippen molar-refractivity contribution in [3.63, 3.8) is 0 Å². The van der Waals surface area contributed by atoms with E-state index in [4.69, 9.17) is 0 Å². The Hall–Kier alpha value is -2.35. The van der Waals surface area contributed by atoms with Gasteiger partial charge in [0.2, 0.25) is 0 Å². The third kappa shape index (κ3) is 3.01. The van der Waals surface area contributed by atoms with Crippen molar-refractivity contribution in [2.45, 2.75) is 12.6 Å². The second kappa shape index (κ2) is 6.64. The third-order valence-electron chi connectivity index (χ3n) is 3.63. The molecule has 120 valence electrons. The average Bonchev–Trinajstić information content (AvgIpc) is 3.31. The minimum Gasteiger partial charge on any atom is -0.382 e.